The number of nitrogens with zero attached hydrogens (tertiary/aromatic N) is 2. The molecule has 0 bridgehead atoms. The van der Waals surface area contributed by atoms with E-state index in [4.69, 9.17) is 18.9 Å². The van der Waals surface area contributed by atoms with Crippen molar-refractivity contribution in [3.63, 3.8) is 0 Å². The van der Waals surface area contributed by atoms with Gasteiger partial charge in [0, 0.05) is 24.2 Å². The molecule has 0 amide bonds. The largest absolute Gasteiger partial charge is 0.496 e. The minimum atomic E-state index is 0.583. The average molecular weight is 440 g/mol. The van der Waals surface area contributed by atoms with Crippen LogP contribution < -0.4 is 18.9 Å². The smallest absolute Gasteiger partial charge is 0.176 e. The van der Waals surface area contributed by atoms with E-state index in [0.717, 1.165) is 38.8 Å². The van der Waals surface area contributed by atoms with Crippen molar-refractivity contribution in [2.45, 2.75) is 6.42 Å². The molecule has 0 atom stereocenters. The Labute approximate surface area is 193 Å². The fourth-order valence-corrected chi connectivity index (χ4v) is 3.73. The van der Waals surface area contributed by atoms with Gasteiger partial charge in [-0.3, -0.25) is 0 Å². The number of methoxy groups -OCH3 is 4. The van der Waals surface area contributed by atoms with Crippen LogP contribution in [0.15, 0.2) is 61.2 Å². The molecule has 4 aromatic rings. The Kier molecular flexibility index (Phi) is 6.61. The third-order valence-corrected chi connectivity index (χ3v) is 5.27. The molecule has 0 N–H and O–H groups in total. The number of hydrogen-bond donors (Lipinski definition) is 0. The molecule has 0 radical (unpaired) electrons. The van der Waals surface area contributed by atoms with Crippen LogP contribution in [-0.2, 0) is 6.42 Å². The third-order valence-electron chi connectivity index (χ3n) is 5.27. The van der Waals surface area contributed by atoms with Gasteiger partial charge < -0.3 is 18.9 Å². The molecule has 0 fully saturated rings. The van der Waals surface area contributed by atoms with Crippen LogP contribution in [0.3, 0.4) is 0 Å². The molecule has 6 nitrogen and oxygen atoms in total. The fourth-order valence-electron chi connectivity index (χ4n) is 3.73. The molecule has 33 heavy (non-hydrogen) atoms. The molecule has 0 saturated heterocycles. The van der Waals surface area contributed by atoms with Crippen LogP contribution in [0.2, 0.25) is 0 Å². The molecule has 0 unspecified atom stereocenters. The van der Waals surface area contributed by atoms with Crippen molar-refractivity contribution in [2.24, 2.45) is 0 Å². The van der Waals surface area contributed by atoms with E-state index in [9.17, 15) is 0 Å². The number of fused-ring (bicyclic) bond motifs is 1. The minimum Gasteiger partial charge on any atom is -0.496 e. The van der Waals surface area contributed by atoms with Gasteiger partial charge in [0.2, 0.25) is 0 Å². The predicted molar refractivity (Wildman–Crippen MR) is 127 cm³/mol. The lowest BCUT2D eigenvalue weighted by Crippen LogP contribution is -1.98. The summed E-state index contributed by atoms with van der Waals surface area (Å²) in [5, 5.41) is 1.98. The second-order valence-electron chi connectivity index (χ2n) is 7.29. The maximum atomic E-state index is 5.62. The Hall–Kier alpha value is -4.24. The summed E-state index contributed by atoms with van der Waals surface area (Å²) < 4.78 is 22.3. The van der Waals surface area contributed by atoms with Gasteiger partial charge in [-0.05, 0) is 46.8 Å². The van der Waals surface area contributed by atoms with Crippen molar-refractivity contribution in [2.75, 3.05) is 28.4 Å². The normalized spacial score (nSPS) is 10.3. The van der Waals surface area contributed by atoms with Crippen molar-refractivity contribution >= 4 is 10.8 Å². The topological polar surface area (TPSA) is 62.7 Å². The first-order valence-electron chi connectivity index (χ1n) is 10.3. The van der Waals surface area contributed by atoms with Gasteiger partial charge in [-0.25, -0.2) is 9.97 Å². The van der Waals surface area contributed by atoms with Crippen molar-refractivity contribution in [1.29, 1.82) is 0 Å². The van der Waals surface area contributed by atoms with E-state index in [1.807, 2.05) is 42.5 Å². The lowest BCUT2D eigenvalue weighted by molar-refractivity contribution is 0.354. The van der Waals surface area contributed by atoms with Crippen LogP contribution in [0.4, 0.5) is 0 Å². The number of aromatic nitrogens is 2. The summed E-state index contributed by atoms with van der Waals surface area (Å²) in [6, 6.07) is 13.8. The van der Waals surface area contributed by atoms with Gasteiger partial charge in [0.1, 0.15) is 17.8 Å². The van der Waals surface area contributed by atoms with Gasteiger partial charge in [-0.2, -0.15) is 0 Å². The number of ether oxygens (including phenoxy) is 4. The SMILES string of the molecule is COc1cc2c(OC)cccc2cc1C#Cc1cc(Cc2cncnc2)cc(OC)c1OC. The van der Waals surface area contributed by atoms with Crippen LogP contribution in [0.5, 0.6) is 23.0 Å². The zero-order chi connectivity index (χ0) is 23.2. The fraction of sp³-hybridized carbons (Fsp3) is 0.185. The summed E-state index contributed by atoms with van der Waals surface area (Å²) >= 11 is 0. The molecule has 1 aromatic heterocycles. The molecule has 166 valence electrons. The molecule has 0 aliphatic rings. The van der Waals surface area contributed by atoms with Gasteiger partial charge in [0.15, 0.2) is 11.5 Å². The van der Waals surface area contributed by atoms with E-state index in [1.54, 1.807) is 40.8 Å². The lowest BCUT2D eigenvalue weighted by Gasteiger charge is -2.12. The molecule has 0 aliphatic carbocycles. The van der Waals surface area contributed by atoms with E-state index < -0.39 is 0 Å². The van der Waals surface area contributed by atoms with Gasteiger partial charge in [0.25, 0.3) is 0 Å². The van der Waals surface area contributed by atoms with Crippen molar-refractivity contribution in [3.05, 3.63) is 83.4 Å². The van der Waals surface area contributed by atoms with E-state index >= 15 is 0 Å². The maximum absolute atomic E-state index is 5.62. The average Bonchev–Trinajstić information content (AvgIpc) is 2.86. The first-order chi connectivity index (χ1) is 16.2. The molecule has 6 heteroatoms. The van der Waals surface area contributed by atoms with Crippen LogP contribution >= 0.6 is 0 Å². The van der Waals surface area contributed by atoms with E-state index in [2.05, 4.69) is 21.8 Å². The highest BCUT2D eigenvalue weighted by molar-refractivity contribution is 5.91. The quantitative estimate of drug-likeness (QED) is 0.407. The first kappa shape index (κ1) is 22.0. The lowest BCUT2D eigenvalue weighted by atomic mass is 10.0. The molecule has 0 spiro atoms. The Morgan fingerprint density at radius 1 is 0.697 bits per heavy atom. The summed E-state index contributed by atoms with van der Waals surface area (Å²) in [4.78, 5) is 8.19. The summed E-state index contributed by atoms with van der Waals surface area (Å²) in [7, 11) is 6.51. The van der Waals surface area contributed by atoms with Gasteiger partial charge in [-0.1, -0.05) is 24.0 Å². The third kappa shape index (κ3) is 4.68. The highest BCUT2D eigenvalue weighted by Crippen LogP contribution is 2.34. The van der Waals surface area contributed by atoms with Crippen LogP contribution in [0.1, 0.15) is 22.3 Å². The number of benzene rings is 3. The zero-order valence-corrected chi connectivity index (χ0v) is 19.0. The van der Waals surface area contributed by atoms with Gasteiger partial charge >= 0.3 is 0 Å². The predicted octanol–water partition coefficient (Wildman–Crippen LogP) is 4.65. The van der Waals surface area contributed by atoms with Crippen molar-refractivity contribution in [3.8, 4) is 34.8 Å². The molecule has 4 rings (SSSR count). The van der Waals surface area contributed by atoms with Gasteiger partial charge in [-0.15, -0.1) is 0 Å². The molecular weight excluding hydrogens is 416 g/mol. The second-order valence-corrected chi connectivity index (χ2v) is 7.29. The van der Waals surface area contributed by atoms with E-state index in [-0.39, 0.29) is 0 Å². The Bertz CT molecular complexity index is 1340. The van der Waals surface area contributed by atoms with Gasteiger partial charge in [0.05, 0.1) is 39.6 Å². The van der Waals surface area contributed by atoms with Crippen LogP contribution in [0.25, 0.3) is 10.8 Å². The number of rotatable bonds is 6. The highest BCUT2D eigenvalue weighted by atomic mass is 16.5. The summed E-state index contributed by atoms with van der Waals surface area (Å²) in [6.07, 6.45) is 5.75. The summed E-state index contributed by atoms with van der Waals surface area (Å²) in [5.41, 5.74) is 3.49. The first-order valence-corrected chi connectivity index (χ1v) is 10.3. The van der Waals surface area contributed by atoms with Crippen molar-refractivity contribution < 1.29 is 18.9 Å². The maximum Gasteiger partial charge on any atom is 0.176 e. The minimum absolute atomic E-state index is 0.583. The van der Waals surface area contributed by atoms with E-state index in [1.165, 1.54) is 6.33 Å². The Morgan fingerprint density at radius 2 is 1.42 bits per heavy atom. The summed E-state index contributed by atoms with van der Waals surface area (Å²) in [6.45, 7) is 0. The summed E-state index contributed by atoms with van der Waals surface area (Å²) in [5.74, 6) is 9.16. The van der Waals surface area contributed by atoms with Crippen LogP contribution in [-0.4, -0.2) is 38.4 Å². The molecule has 3 aromatic carbocycles. The second kappa shape index (κ2) is 9.92. The Balaban J connectivity index is 1.80. The molecule has 0 aliphatic heterocycles. The monoisotopic (exact) mass is 440 g/mol. The van der Waals surface area contributed by atoms with Crippen LogP contribution in [0, 0.1) is 11.8 Å². The highest BCUT2D eigenvalue weighted by Gasteiger charge is 2.13. The number of hydrogen-bond acceptors (Lipinski definition) is 6. The molecular formula is C27H24N2O4. The molecule has 1 heterocycles. The zero-order valence-electron chi connectivity index (χ0n) is 19.0. The van der Waals surface area contributed by atoms with Crippen molar-refractivity contribution in [1.82, 2.24) is 9.97 Å². The standard InChI is InChI=1S/C27H24N2O4/c1-30-24-7-5-6-20-13-21(25(31-2)14-23(20)24)8-9-22-11-18(10-19-15-28-17-29-16-19)12-26(32-3)27(22)33-4/h5-7,11-17H,10H2,1-4H3. The Morgan fingerprint density at radius 3 is 2.12 bits per heavy atom. The van der Waals surface area contributed by atoms with E-state index in [0.29, 0.717) is 23.7 Å². The molecule has 0 saturated carbocycles.